The summed E-state index contributed by atoms with van der Waals surface area (Å²) < 4.78 is 6.57. The zero-order chi connectivity index (χ0) is 14.7. The summed E-state index contributed by atoms with van der Waals surface area (Å²) in [5.74, 6) is -0.414. The van der Waals surface area contributed by atoms with Gasteiger partial charge in [-0.15, -0.1) is 0 Å². The highest BCUT2D eigenvalue weighted by Crippen LogP contribution is 2.21. The minimum absolute atomic E-state index is 0.414. The fourth-order valence-electron chi connectivity index (χ4n) is 1.90. The number of ether oxygens (including phenoxy) is 1. The van der Waals surface area contributed by atoms with Crippen LogP contribution in [0.2, 0.25) is 0 Å². The highest BCUT2D eigenvalue weighted by molar-refractivity contribution is 5.96. The molecular weight excluding hydrogens is 256 g/mol. The lowest BCUT2D eigenvalue weighted by Gasteiger charge is -2.11. The van der Waals surface area contributed by atoms with Crippen molar-refractivity contribution in [1.29, 1.82) is 0 Å². The fourth-order valence-corrected chi connectivity index (χ4v) is 1.90. The van der Waals surface area contributed by atoms with Gasteiger partial charge in [-0.1, -0.05) is 0 Å². The van der Waals surface area contributed by atoms with Crippen molar-refractivity contribution >= 4 is 17.3 Å². The van der Waals surface area contributed by atoms with Crippen LogP contribution in [-0.4, -0.2) is 22.9 Å². The molecule has 2 aromatic rings. The fraction of sp³-hybridized carbons (Fsp3) is 0.286. The van der Waals surface area contributed by atoms with Gasteiger partial charge in [-0.25, -0.2) is 4.79 Å². The van der Waals surface area contributed by atoms with Gasteiger partial charge in [0.15, 0.2) is 0 Å². The molecule has 0 saturated carbocycles. The number of aryl methyl sites for hydroxylation is 1. The number of methoxy groups -OCH3 is 1. The Balaban J connectivity index is 2.21. The zero-order valence-electron chi connectivity index (χ0n) is 11.8. The van der Waals surface area contributed by atoms with E-state index >= 15 is 0 Å². The Labute approximate surface area is 117 Å². The number of hydrogen-bond donors (Lipinski definition) is 2. The molecule has 6 heteroatoms. The monoisotopic (exact) mass is 274 g/mol. The quantitative estimate of drug-likeness (QED) is 0.655. The Morgan fingerprint density at radius 2 is 2.25 bits per heavy atom. The Morgan fingerprint density at radius 3 is 2.85 bits per heavy atom. The Morgan fingerprint density at radius 1 is 1.50 bits per heavy atom. The number of nitrogens with zero attached hydrogens (tertiary/aromatic N) is 2. The highest BCUT2D eigenvalue weighted by Gasteiger charge is 2.13. The molecule has 0 unspecified atom stereocenters. The largest absolute Gasteiger partial charge is 0.465 e. The SMILES string of the molecule is COC(=O)c1cc(N)ccc1NCc1cnn(C)c1C. The number of nitrogens with two attached hydrogens (primary N) is 1. The van der Waals surface area contributed by atoms with E-state index in [1.807, 2.05) is 14.0 Å². The average Bonchev–Trinajstić information content (AvgIpc) is 2.76. The molecule has 0 aliphatic carbocycles. The summed E-state index contributed by atoms with van der Waals surface area (Å²) in [5.41, 5.74) is 9.49. The molecule has 0 amide bonds. The summed E-state index contributed by atoms with van der Waals surface area (Å²) in [5, 5.41) is 7.40. The summed E-state index contributed by atoms with van der Waals surface area (Å²) in [6.45, 7) is 2.57. The molecule has 0 bridgehead atoms. The van der Waals surface area contributed by atoms with Crippen molar-refractivity contribution < 1.29 is 9.53 Å². The maximum absolute atomic E-state index is 11.7. The molecule has 1 heterocycles. The van der Waals surface area contributed by atoms with E-state index in [0.29, 0.717) is 23.5 Å². The topological polar surface area (TPSA) is 82.2 Å². The van der Waals surface area contributed by atoms with Gasteiger partial charge in [-0.3, -0.25) is 4.68 Å². The van der Waals surface area contributed by atoms with Gasteiger partial charge >= 0.3 is 5.97 Å². The number of nitrogen functional groups attached to an aromatic ring is 1. The Kier molecular flexibility index (Phi) is 3.93. The predicted molar refractivity (Wildman–Crippen MR) is 77.5 cm³/mol. The number of rotatable bonds is 4. The number of nitrogens with one attached hydrogen (secondary N) is 1. The van der Waals surface area contributed by atoms with Crippen LogP contribution in [0.3, 0.4) is 0 Å². The van der Waals surface area contributed by atoms with Gasteiger partial charge in [0, 0.05) is 36.2 Å². The first-order valence-electron chi connectivity index (χ1n) is 6.22. The highest BCUT2D eigenvalue weighted by atomic mass is 16.5. The molecule has 0 spiro atoms. The lowest BCUT2D eigenvalue weighted by Crippen LogP contribution is -2.09. The molecule has 0 fully saturated rings. The molecular formula is C14H18N4O2. The van der Waals surface area contributed by atoms with E-state index < -0.39 is 5.97 Å². The molecule has 6 nitrogen and oxygen atoms in total. The molecule has 2 rings (SSSR count). The van der Waals surface area contributed by atoms with Gasteiger partial charge in [0.1, 0.15) is 0 Å². The van der Waals surface area contributed by atoms with Crippen LogP contribution in [0.4, 0.5) is 11.4 Å². The van der Waals surface area contributed by atoms with E-state index in [2.05, 4.69) is 10.4 Å². The maximum atomic E-state index is 11.7. The molecule has 0 atom stereocenters. The summed E-state index contributed by atoms with van der Waals surface area (Å²) >= 11 is 0. The van der Waals surface area contributed by atoms with Crippen LogP contribution in [0.5, 0.6) is 0 Å². The molecule has 0 aliphatic heterocycles. The standard InChI is InChI=1S/C14H18N4O2/c1-9-10(8-17-18(9)2)7-16-13-5-4-11(15)6-12(13)14(19)20-3/h4-6,8,16H,7,15H2,1-3H3. The molecule has 1 aromatic carbocycles. The van der Waals surface area contributed by atoms with Crippen molar-refractivity contribution in [2.45, 2.75) is 13.5 Å². The van der Waals surface area contributed by atoms with E-state index in [4.69, 9.17) is 10.5 Å². The molecule has 0 aliphatic rings. The molecule has 20 heavy (non-hydrogen) atoms. The Bertz CT molecular complexity index is 634. The van der Waals surface area contributed by atoms with Crippen molar-refractivity contribution in [2.24, 2.45) is 7.05 Å². The van der Waals surface area contributed by atoms with Crippen molar-refractivity contribution in [2.75, 3.05) is 18.2 Å². The second-order valence-electron chi connectivity index (χ2n) is 4.53. The molecule has 1 aromatic heterocycles. The maximum Gasteiger partial charge on any atom is 0.340 e. The normalized spacial score (nSPS) is 10.3. The van der Waals surface area contributed by atoms with Gasteiger partial charge < -0.3 is 15.8 Å². The van der Waals surface area contributed by atoms with E-state index in [-0.39, 0.29) is 0 Å². The summed E-state index contributed by atoms with van der Waals surface area (Å²) in [7, 11) is 3.24. The number of aromatic nitrogens is 2. The number of benzene rings is 1. The summed E-state index contributed by atoms with van der Waals surface area (Å²) in [6.07, 6.45) is 1.80. The van der Waals surface area contributed by atoms with Crippen LogP contribution in [0.15, 0.2) is 24.4 Å². The second-order valence-corrected chi connectivity index (χ2v) is 4.53. The molecule has 0 radical (unpaired) electrons. The number of anilines is 2. The summed E-state index contributed by atoms with van der Waals surface area (Å²) in [4.78, 5) is 11.7. The third-order valence-corrected chi connectivity index (χ3v) is 3.26. The van der Waals surface area contributed by atoms with E-state index in [1.165, 1.54) is 7.11 Å². The minimum Gasteiger partial charge on any atom is -0.465 e. The van der Waals surface area contributed by atoms with Crippen molar-refractivity contribution in [1.82, 2.24) is 9.78 Å². The average molecular weight is 274 g/mol. The third kappa shape index (κ3) is 2.74. The van der Waals surface area contributed by atoms with E-state index in [1.54, 1.807) is 29.1 Å². The van der Waals surface area contributed by atoms with Gasteiger partial charge in [-0.05, 0) is 25.1 Å². The van der Waals surface area contributed by atoms with Crippen LogP contribution in [0, 0.1) is 6.92 Å². The van der Waals surface area contributed by atoms with Crippen LogP contribution >= 0.6 is 0 Å². The first-order chi connectivity index (χ1) is 9.52. The van der Waals surface area contributed by atoms with E-state index in [9.17, 15) is 4.79 Å². The lowest BCUT2D eigenvalue weighted by atomic mass is 10.1. The Hall–Kier alpha value is -2.50. The smallest absolute Gasteiger partial charge is 0.340 e. The number of esters is 1. The first-order valence-corrected chi connectivity index (χ1v) is 6.22. The van der Waals surface area contributed by atoms with Crippen molar-refractivity contribution in [3.05, 3.63) is 41.2 Å². The van der Waals surface area contributed by atoms with Crippen molar-refractivity contribution in [3.8, 4) is 0 Å². The summed E-state index contributed by atoms with van der Waals surface area (Å²) in [6, 6.07) is 5.11. The van der Waals surface area contributed by atoms with Gasteiger partial charge in [0.05, 0.1) is 18.9 Å². The lowest BCUT2D eigenvalue weighted by molar-refractivity contribution is 0.0602. The van der Waals surface area contributed by atoms with Crippen LogP contribution in [0.1, 0.15) is 21.6 Å². The number of hydrogen-bond acceptors (Lipinski definition) is 5. The molecule has 0 saturated heterocycles. The van der Waals surface area contributed by atoms with Crippen molar-refractivity contribution in [3.63, 3.8) is 0 Å². The first kappa shape index (κ1) is 13.9. The molecule has 3 N–H and O–H groups in total. The van der Waals surface area contributed by atoms with Gasteiger partial charge in [0.25, 0.3) is 0 Å². The minimum atomic E-state index is -0.414. The van der Waals surface area contributed by atoms with Gasteiger partial charge in [0.2, 0.25) is 0 Å². The zero-order valence-corrected chi connectivity index (χ0v) is 11.8. The van der Waals surface area contributed by atoms with Crippen LogP contribution in [0.25, 0.3) is 0 Å². The van der Waals surface area contributed by atoms with Crippen LogP contribution in [-0.2, 0) is 18.3 Å². The van der Waals surface area contributed by atoms with Gasteiger partial charge in [-0.2, -0.15) is 5.10 Å². The number of carbonyl (C=O) groups excluding carboxylic acids is 1. The molecule has 106 valence electrons. The number of carbonyl (C=O) groups is 1. The second kappa shape index (κ2) is 5.64. The third-order valence-electron chi connectivity index (χ3n) is 3.26. The van der Waals surface area contributed by atoms with E-state index in [0.717, 1.165) is 11.3 Å². The van der Waals surface area contributed by atoms with Crippen LogP contribution < -0.4 is 11.1 Å². The predicted octanol–water partition coefficient (Wildman–Crippen LogP) is 1.71.